The summed E-state index contributed by atoms with van der Waals surface area (Å²) in [4.78, 5) is 22.4. The molecule has 6 nitrogen and oxygen atoms in total. The molecule has 0 atom stereocenters. The van der Waals surface area contributed by atoms with Crippen LogP contribution in [0.2, 0.25) is 0 Å². The van der Waals surface area contributed by atoms with Gasteiger partial charge in [0.05, 0.1) is 5.69 Å². The number of urea groups is 1. The molecule has 1 heterocycles. The number of hydrogen-bond donors (Lipinski definition) is 2. The lowest BCUT2D eigenvalue weighted by molar-refractivity contribution is -0.119. The predicted octanol–water partition coefficient (Wildman–Crippen LogP) is 1.25. The maximum atomic E-state index is 11.3. The van der Waals surface area contributed by atoms with Gasteiger partial charge in [0.25, 0.3) is 0 Å². The molecule has 0 spiro atoms. The summed E-state index contributed by atoms with van der Waals surface area (Å²) < 4.78 is 4.94. The van der Waals surface area contributed by atoms with Crippen LogP contribution in [-0.2, 0) is 11.3 Å². The van der Waals surface area contributed by atoms with Gasteiger partial charge in [-0.25, -0.2) is 4.79 Å². The minimum Gasteiger partial charge on any atom is -0.361 e. The van der Waals surface area contributed by atoms with Crippen LogP contribution in [0, 0.1) is 13.8 Å². The summed E-state index contributed by atoms with van der Waals surface area (Å²) in [6.07, 6.45) is 0.111. The third-order valence-electron chi connectivity index (χ3n) is 2.18. The van der Waals surface area contributed by atoms with Crippen LogP contribution in [0.4, 0.5) is 4.79 Å². The topological polar surface area (TPSA) is 84.2 Å². The average Bonchev–Trinajstić information content (AvgIpc) is 2.56. The fraction of sp³-hybridized carbons (Fsp3) is 0.500. The van der Waals surface area contributed by atoms with Gasteiger partial charge in [-0.05, 0) is 13.8 Å². The number of rotatable bonds is 4. The minimum absolute atomic E-state index is 0.111. The SMILES string of the molecule is Cc1noc(C)c1CNC(=O)NC(=O)CCCl. The lowest BCUT2D eigenvalue weighted by Crippen LogP contribution is -2.39. The van der Waals surface area contributed by atoms with E-state index in [2.05, 4.69) is 15.8 Å². The fourth-order valence-corrected chi connectivity index (χ4v) is 1.41. The van der Waals surface area contributed by atoms with Gasteiger partial charge in [0.15, 0.2) is 0 Å². The Hall–Kier alpha value is -1.56. The first-order valence-electron chi connectivity index (χ1n) is 5.10. The van der Waals surface area contributed by atoms with Gasteiger partial charge in [0.2, 0.25) is 5.91 Å². The molecule has 0 saturated heterocycles. The Labute approximate surface area is 104 Å². The molecular formula is C10H14ClN3O3. The maximum Gasteiger partial charge on any atom is 0.321 e. The fourth-order valence-electron chi connectivity index (χ4n) is 1.24. The zero-order valence-electron chi connectivity index (χ0n) is 9.67. The van der Waals surface area contributed by atoms with Crippen LogP contribution in [0.3, 0.4) is 0 Å². The van der Waals surface area contributed by atoms with E-state index in [9.17, 15) is 9.59 Å². The van der Waals surface area contributed by atoms with Gasteiger partial charge in [-0.3, -0.25) is 10.1 Å². The second kappa shape index (κ2) is 6.24. The number of halogens is 1. The predicted molar refractivity (Wildman–Crippen MR) is 61.7 cm³/mol. The Balaban J connectivity index is 2.41. The number of aryl methyl sites for hydroxylation is 2. The van der Waals surface area contributed by atoms with Gasteiger partial charge in [0, 0.05) is 24.4 Å². The molecule has 0 bridgehead atoms. The Morgan fingerprint density at radius 2 is 2.12 bits per heavy atom. The maximum absolute atomic E-state index is 11.3. The van der Waals surface area contributed by atoms with E-state index in [1.165, 1.54) is 0 Å². The molecule has 1 aromatic rings. The molecule has 17 heavy (non-hydrogen) atoms. The van der Waals surface area contributed by atoms with Gasteiger partial charge in [-0.15, -0.1) is 11.6 Å². The van der Waals surface area contributed by atoms with Crippen molar-refractivity contribution >= 4 is 23.5 Å². The van der Waals surface area contributed by atoms with Crippen LogP contribution in [0.1, 0.15) is 23.4 Å². The van der Waals surface area contributed by atoms with E-state index in [0.717, 1.165) is 11.3 Å². The molecule has 1 aromatic heterocycles. The highest BCUT2D eigenvalue weighted by molar-refractivity contribution is 6.19. The zero-order valence-corrected chi connectivity index (χ0v) is 10.4. The molecular weight excluding hydrogens is 246 g/mol. The molecule has 0 aliphatic rings. The Morgan fingerprint density at radius 3 is 2.65 bits per heavy atom. The lowest BCUT2D eigenvalue weighted by Gasteiger charge is -2.05. The smallest absolute Gasteiger partial charge is 0.321 e. The van der Waals surface area contributed by atoms with Crippen molar-refractivity contribution in [1.29, 1.82) is 0 Å². The van der Waals surface area contributed by atoms with Gasteiger partial charge >= 0.3 is 6.03 Å². The number of aromatic nitrogens is 1. The van der Waals surface area contributed by atoms with Gasteiger partial charge in [-0.2, -0.15) is 0 Å². The normalized spacial score (nSPS) is 10.1. The van der Waals surface area contributed by atoms with Gasteiger partial charge in [0.1, 0.15) is 5.76 Å². The second-order valence-electron chi connectivity index (χ2n) is 3.47. The molecule has 0 aromatic carbocycles. The first-order valence-corrected chi connectivity index (χ1v) is 5.63. The molecule has 2 N–H and O–H groups in total. The highest BCUT2D eigenvalue weighted by atomic mass is 35.5. The van der Waals surface area contributed by atoms with Crippen LogP contribution < -0.4 is 10.6 Å². The quantitative estimate of drug-likeness (QED) is 0.797. The third-order valence-corrected chi connectivity index (χ3v) is 2.37. The number of amides is 3. The molecule has 1 rings (SSSR count). The summed E-state index contributed by atoms with van der Waals surface area (Å²) in [7, 11) is 0. The highest BCUT2D eigenvalue weighted by Gasteiger charge is 2.11. The standard InChI is InChI=1S/C10H14ClN3O3/c1-6-8(7(2)17-14-6)5-12-10(16)13-9(15)3-4-11/h3-5H2,1-2H3,(H2,12,13,15,16). The molecule has 3 amide bonds. The number of hydrogen-bond acceptors (Lipinski definition) is 4. The summed E-state index contributed by atoms with van der Waals surface area (Å²) in [5, 5.41) is 8.45. The lowest BCUT2D eigenvalue weighted by atomic mass is 10.2. The first kappa shape index (κ1) is 13.5. The number of alkyl halides is 1. The monoisotopic (exact) mass is 259 g/mol. The van der Waals surface area contributed by atoms with Crippen molar-refractivity contribution < 1.29 is 14.1 Å². The van der Waals surface area contributed by atoms with Crippen LogP contribution >= 0.6 is 11.6 Å². The van der Waals surface area contributed by atoms with Crippen molar-refractivity contribution in [1.82, 2.24) is 15.8 Å². The van der Waals surface area contributed by atoms with Crippen molar-refractivity contribution in [3.63, 3.8) is 0 Å². The van der Waals surface area contributed by atoms with Gasteiger partial charge < -0.3 is 9.84 Å². The summed E-state index contributed by atoms with van der Waals surface area (Å²) in [6, 6.07) is -0.555. The molecule has 0 aliphatic heterocycles. The van der Waals surface area contributed by atoms with E-state index in [4.69, 9.17) is 16.1 Å². The van der Waals surface area contributed by atoms with Crippen LogP contribution in [0.25, 0.3) is 0 Å². The Kier molecular flexibility index (Phi) is 4.96. The summed E-state index contributed by atoms with van der Waals surface area (Å²) in [5.74, 6) is 0.425. The number of carbonyl (C=O) groups is 2. The van der Waals surface area contributed by atoms with E-state index in [1.54, 1.807) is 13.8 Å². The Bertz CT molecular complexity index is 397. The van der Waals surface area contributed by atoms with Crippen molar-refractivity contribution in [3.8, 4) is 0 Å². The van der Waals surface area contributed by atoms with Crippen LogP contribution in [0.5, 0.6) is 0 Å². The summed E-state index contributed by atoms with van der Waals surface area (Å²) in [6.45, 7) is 3.80. The van der Waals surface area contributed by atoms with Crippen molar-refractivity contribution in [3.05, 3.63) is 17.0 Å². The van der Waals surface area contributed by atoms with E-state index in [-0.39, 0.29) is 18.8 Å². The molecule has 0 aliphatic carbocycles. The zero-order chi connectivity index (χ0) is 12.8. The van der Waals surface area contributed by atoms with E-state index >= 15 is 0 Å². The molecule has 0 radical (unpaired) electrons. The largest absolute Gasteiger partial charge is 0.361 e. The molecule has 0 saturated carbocycles. The van der Waals surface area contributed by atoms with Crippen molar-refractivity contribution in [2.24, 2.45) is 0 Å². The van der Waals surface area contributed by atoms with Crippen LogP contribution in [-0.4, -0.2) is 23.0 Å². The summed E-state index contributed by atoms with van der Waals surface area (Å²) >= 11 is 5.37. The average molecular weight is 260 g/mol. The molecule has 7 heteroatoms. The molecule has 0 fully saturated rings. The van der Waals surface area contributed by atoms with E-state index in [1.807, 2.05) is 0 Å². The second-order valence-corrected chi connectivity index (χ2v) is 3.85. The van der Waals surface area contributed by atoms with Crippen molar-refractivity contribution in [2.45, 2.75) is 26.8 Å². The minimum atomic E-state index is -0.555. The first-order chi connectivity index (χ1) is 8.04. The third kappa shape index (κ3) is 4.07. The number of nitrogens with zero attached hydrogens (tertiary/aromatic N) is 1. The van der Waals surface area contributed by atoms with Gasteiger partial charge in [-0.1, -0.05) is 5.16 Å². The number of carbonyl (C=O) groups excluding carboxylic acids is 2. The van der Waals surface area contributed by atoms with E-state index in [0.29, 0.717) is 5.76 Å². The highest BCUT2D eigenvalue weighted by Crippen LogP contribution is 2.11. The number of nitrogens with one attached hydrogen (secondary N) is 2. The van der Waals surface area contributed by atoms with Crippen molar-refractivity contribution in [2.75, 3.05) is 5.88 Å². The van der Waals surface area contributed by atoms with Crippen LogP contribution in [0.15, 0.2) is 4.52 Å². The van der Waals surface area contributed by atoms with E-state index < -0.39 is 11.9 Å². The molecule has 0 unspecified atom stereocenters. The summed E-state index contributed by atoms with van der Waals surface area (Å²) in [5.41, 5.74) is 1.53. The number of imide groups is 1. The Morgan fingerprint density at radius 1 is 1.41 bits per heavy atom. The molecule has 94 valence electrons.